The highest BCUT2D eigenvalue weighted by Gasteiger charge is 2.26. The molecule has 1 N–H and O–H groups in total. The van der Waals surface area contributed by atoms with Gasteiger partial charge in [-0.25, -0.2) is 0 Å². The van der Waals surface area contributed by atoms with Crippen molar-refractivity contribution in [3.63, 3.8) is 0 Å². The first-order valence-electron chi connectivity index (χ1n) is 9.32. The highest BCUT2D eigenvalue weighted by atomic mass is 19.4. The molecule has 0 amide bonds. The number of pyridine rings is 1. The predicted molar refractivity (Wildman–Crippen MR) is 104 cm³/mol. The summed E-state index contributed by atoms with van der Waals surface area (Å²) in [5, 5.41) is 11.8. The fraction of sp³-hybridized carbons (Fsp3) is 0.318. The Kier molecular flexibility index (Phi) is 6.93. The van der Waals surface area contributed by atoms with Crippen LogP contribution in [0, 0.1) is 0 Å². The van der Waals surface area contributed by atoms with Gasteiger partial charge in [-0.15, -0.1) is 0 Å². The van der Waals surface area contributed by atoms with E-state index in [0.717, 1.165) is 16.3 Å². The Balaban J connectivity index is 1.50. The topological polar surface area (TPSA) is 51.6 Å². The lowest BCUT2D eigenvalue weighted by molar-refractivity contribution is -0.139. The zero-order valence-electron chi connectivity index (χ0n) is 15.7. The van der Waals surface area contributed by atoms with Crippen LogP contribution in [0.3, 0.4) is 0 Å². The Morgan fingerprint density at radius 3 is 2.28 bits per heavy atom. The van der Waals surface area contributed by atoms with Crippen molar-refractivity contribution in [1.29, 1.82) is 0 Å². The van der Waals surface area contributed by atoms with Crippen LogP contribution >= 0.6 is 0 Å². The summed E-state index contributed by atoms with van der Waals surface area (Å²) in [5.41, 5.74) is 1.06. The molecule has 0 spiro atoms. The fourth-order valence-electron chi connectivity index (χ4n) is 2.82. The number of hydrogen-bond acceptors (Lipinski definition) is 4. The smallest absolute Gasteiger partial charge is 0.392 e. The first-order chi connectivity index (χ1) is 13.9. The van der Waals surface area contributed by atoms with Gasteiger partial charge in [0.25, 0.3) is 0 Å². The third kappa shape index (κ3) is 6.94. The minimum Gasteiger partial charge on any atom is -0.493 e. The second kappa shape index (κ2) is 9.60. The molecule has 0 fully saturated rings. The first-order valence-corrected chi connectivity index (χ1v) is 9.32. The number of aliphatic hydroxyl groups is 1. The first kappa shape index (κ1) is 20.9. The van der Waals surface area contributed by atoms with Crippen LogP contribution in [0.15, 0.2) is 60.9 Å². The summed E-state index contributed by atoms with van der Waals surface area (Å²) in [4.78, 5) is 4.05. The van der Waals surface area contributed by atoms with Gasteiger partial charge in [-0.1, -0.05) is 18.2 Å². The van der Waals surface area contributed by atoms with E-state index in [1.54, 1.807) is 36.7 Å². The van der Waals surface area contributed by atoms with Crippen LogP contribution in [0.2, 0.25) is 0 Å². The third-order valence-electron chi connectivity index (χ3n) is 4.37. The third-order valence-corrected chi connectivity index (χ3v) is 4.37. The van der Waals surface area contributed by atoms with Gasteiger partial charge in [0.2, 0.25) is 0 Å². The number of benzene rings is 2. The molecule has 154 valence electrons. The Hall–Kier alpha value is -2.80. The van der Waals surface area contributed by atoms with E-state index >= 15 is 0 Å². The van der Waals surface area contributed by atoms with Gasteiger partial charge in [0.1, 0.15) is 18.1 Å². The number of rotatable bonds is 9. The summed E-state index contributed by atoms with van der Waals surface area (Å²) < 4.78 is 47.5. The van der Waals surface area contributed by atoms with Crippen LogP contribution in [0.5, 0.6) is 11.5 Å². The molecule has 0 saturated carbocycles. The zero-order valence-corrected chi connectivity index (χ0v) is 15.7. The van der Waals surface area contributed by atoms with Crippen molar-refractivity contribution in [1.82, 2.24) is 4.98 Å². The highest BCUT2D eigenvalue weighted by Crippen LogP contribution is 2.26. The maximum Gasteiger partial charge on any atom is 0.392 e. The number of nitrogens with zero attached hydrogens (tertiary/aromatic N) is 1. The summed E-state index contributed by atoms with van der Waals surface area (Å²) in [7, 11) is 0. The summed E-state index contributed by atoms with van der Waals surface area (Å²) in [6.07, 6.45) is -1.05. The maximum atomic E-state index is 12.2. The van der Waals surface area contributed by atoms with Crippen molar-refractivity contribution in [2.45, 2.75) is 31.5 Å². The van der Waals surface area contributed by atoms with E-state index in [-0.39, 0.29) is 6.61 Å². The second-order valence-electron chi connectivity index (χ2n) is 6.75. The van der Waals surface area contributed by atoms with Gasteiger partial charge in [-0.05, 0) is 59.5 Å². The van der Waals surface area contributed by atoms with Gasteiger partial charge in [0, 0.05) is 12.4 Å². The second-order valence-corrected chi connectivity index (χ2v) is 6.75. The Morgan fingerprint density at radius 1 is 0.966 bits per heavy atom. The lowest BCUT2D eigenvalue weighted by atomic mass is 10.1. The van der Waals surface area contributed by atoms with Crippen molar-refractivity contribution >= 4 is 10.8 Å². The van der Waals surface area contributed by atoms with E-state index in [1.807, 2.05) is 24.3 Å². The number of aliphatic hydroxyl groups excluding tert-OH is 1. The number of fused-ring (bicyclic) bond motifs is 1. The summed E-state index contributed by atoms with van der Waals surface area (Å²) >= 11 is 0. The molecule has 0 radical (unpaired) electrons. The minimum absolute atomic E-state index is 0.171. The molecule has 0 aliphatic rings. The Labute approximate surface area is 166 Å². The standard InChI is InChI=1S/C22H22F3NO3/c23-22(24,25)9-11-28-20-7-4-18-13-21(8-5-17(18)12-20)29-15-19(27)6-3-16-2-1-10-26-14-16/h1-2,4-5,7-8,10,12-14,19,27H,3,6,9,11,15H2/t19-/m1/s1. The van der Waals surface area contributed by atoms with Crippen molar-refractivity contribution in [2.24, 2.45) is 0 Å². The van der Waals surface area contributed by atoms with Crippen LogP contribution in [0.25, 0.3) is 10.8 Å². The molecule has 1 aromatic heterocycles. The summed E-state index contributed by atoms with van der Waals surface area (Å²) in [6, 6.07) is 14.3. The molecule has 2 aromatic carbocycles. The molecule has 0 saturated heterocycles. The quantitative estimate of drug-likeness (QED) is 0.548. The predicted octanol–water partition coefficient (Wildman–Crippen LogP) is 4.94. The fourth-order valence-corrected chi connectivity index (χ4v) is 2.82. The Morgan fingerprint density at radius 2 is 1.66 bits per heavy atom. The van der Waals surface area contributed by atoms with Gasteiger partial charge in [-0.3, -0.25) is 4.98 Å². The van der Waals surface area contributed by atoms with E-state index in [4.69, 9.17) is 9.47 Å². The molecular formula is C22H22F3NO3. The minimum atomic E-state index is -4.23. The number of ether oxygens (including phenoxy) is 2. The molecule has 3 rings (SSSR count). The zero-order chi connectivity index (χ0) is 20.7. The molecule has 1 heterocycles. The van der Waals surface area contributed by atoms with Gasteiger partial charge in [-0.2, -0.15) is 13.2 Å². The molecule has 29 heavy (non-hydrogen) atoms. The molecule has 0 aliphatic carbocycles. The van der Waals surface area contributed by atoms with Crippen LogP contribution < -0.4 is 9.47 Å². The molecule has 7 heteroatoms. The summed E-state index contributed by atoms with van der Waals surface area (Å²) in [5.74, 6) is 1.00. The molecule has 0 aliphatic heterocycles. The van der Waals surface area contributed by atoms with Crippen molar-refractivity contribution in [3.05, 3.63) is 66.5 Å². The number of hydrogen-bond donors (Lipinski definition) is 1. The van der Waals surface area contributed by atoms with E-state index in [2.05, 4.69) is 4.98 Å². The summed E-state index contributed by atoms with van der Waals surface area (Å²) in [6.45, 7) is -0.239. The number of alkyl halides is 3. The van der Waals surface area contributed by atoms with E-state index in [9.17, 15) is 18.3 Å². The van der Waals surface area contributed by atoms with Crippen LogP contribution in [-0.2, 0) is 6.42 Å². The van der Waals surface area contributed by atoms with Crippen molar-refractivity contribution in [2.75, 3.05) is 13.2 Å². The van der Waals surface area contributed by atoms with E-state index < -0.39 is 25.3 Å². The SMILES string of the molecule is O[C@H](CCc1cccnc1)COc1ccc2cc(OCCC(F)(F)F)ccc2c1. The maximum absolute atomic E-state index is 12.2. The number of halogens is 3. The normalized spacial score (nSPS) is 12.7. The van der Waals surface area contributed by atoms with Crippen LogP contribution in [-0.4, -0.2) is 35.6 Å². The van der Waals surface area contributed by atoms with Crippen LogP contribution in [0.1, 0.15) is 18.4 Å². The number of aryl methyl sites for hydroxylation is 1. The van der Waals surface area contributed by atoms with Crippen molar-refractivity contribution in [3.8, 4) is 11.5 Å². The lowest BCUT2D eigenvalue weighted by Crippen LogP contribution is -2.18. The molecule has 3 aromatic rings. The van der Waals surface area contributed by atoms with Crippen LogP contribution in [0.4, 0.5) is 13.2 Å². The number of aromatic nitrogens is 1. The lowest BCUT2D eigenvalue weighted by Gasteiger charge is -2.13. The molecule has 0 unspecified atom stereocenters. The van der Waals surface area contributed by atoms with Gasteiger partial charge < -0.3 is 14.6 Å². The average molecular weight is 405 g/mol. The van der Waals surface area contributed by atoms with Crippen molar-refractivity contribution < 1.29 is 27.8 Å². The molecular weight excluding hydrogens is 383 g/mol. The van der Waals surface area contributed by atoms with Gasteiger partial charge in [0.15, 0.2) is 0 Å². The van der Waals surface area contributed by atoms with E-state index in [1.165, 1.54) is 0 Å². The molecule has 1 atom stereocenters. The van der Waals surface area contributed by atoms with E-state index in [0.29, 0.717) is 24.3 Å². The monoisotopic (exact) mass is 405 g/mol. The Bertz CT molecular complexity index is 916. The average Bonchev–Trinajstić information content (AvgIpc) is 2.70. The molecule has 0 bridgehead atoms. The van der Waals surface area contributed by atoms with Gasteiger partial charge >= 0.3 is 6.18 Å². The van der Waals surface area contributed by atoms with Gasteiger partial charge in [0.05, 0.1) is 19.1 Å². The highest BCUT2D eigenvalue weighted by molar-refractivity contribution is 5.85. The molecule has 4 nitrogen and oxygen atoms in total. The largest absolute Gasteiger partial charge is 0.493 e.